The van der Waals surface area contributed by atoms with Crippen LogP contribution in [0.1, 0.15) is 37.7 Å². The van der Waals surface area contributed by atoms with Crippen LogP contribution in [0.2, 0.25) is 0 Å². The van der Waals surface area contributed by atoms with E-state index >= 15 is 0 Å². The lowest BCUT2D eigenvalue weighted by Crippen LogP contribution is -2.38. The molecule has 0 aliphatic rings. The average Bonchev–Trinajstić information content (AvgIpc) is 2.88. The fraction of sp³-hybridized carbons (Fsp3) is 0.450. The number of hydrogen-bond donors (Lipinski definition) is 1. The van der Waals surface area contributed by atoms with E-state index in [9.17, 15) is 9.59 Å². The zero-order chi connectivity index (χ0) is 19.3. The van der Waals surface area contributed by atoms with Crippen LogP contribution in [-0.2, 0) is 20.7 Å². The monoisotopic (exact) mass is 357 g/mol. The van der Waals surface area contributed by atoms with E-state index in [1.54, 1.807) is 0 Å². The third-order valence-electron chi connectivity index (χ3n) is 4.52. The van der Waals surface area contributed by atoms with Gasteiger partial charge in [0.05, 0.1) is 17.8 Å². The van der Waals surface area contributed by atoms with Crippen LogP contribution >= 0.6 is 0 Å². The molecule has 0 unspecified atom stereocenters. The number of aromatic nitrogens is 2. The predicted molar refractivity (Wildman–Crippen MR) is 100 cm³/mol. The van der Waals surface area contributed by atoms with E-state index in [2.05, 4.69) is 10.4 Å². The van der Waals surface area contributed by atoms with Gasteiger partial charge in [-0.05, 0) is 38.8 Å². The van der Waals surface area contributed by atoms with E-state index in [4.69, 9.17) is 4.74 Å². The van der Waals surface area contributed by atoms with Gasteiger partial charge in [-0.15, -0.1) is 0 Å². The summed E-state index contributed by atoms with van der Waals surface area (Å²) in [6.45, 7) is 9.49. The Kier molecular flexibility index (Phi) is 6.55. The Balaban J connectivity index is 1.97. The lowest BCUT2D eigenvalue weighted by molar-refractivity contribution is -0.148. The molecule has 140 valence electrons. The van der Waals surface area contributed by atoms with Crippen molar-refractivity contribution in [3.8, 4) is 5.69 Å². The molecule has 1 amide bonds. The number of rotatable bonds is 7. The first-order valence-corrected chi connectivity index (χ1v) is 8.85. The second-order valence-electron chi connectivity index (χ2n) is 6.83. The van der Waals surface area contributed by atoms with Gasteiger partial charge in [0.2, 0.25) is 0 Å². The van der Waals surface area contributed by atoms with Crippen LogP contribution in [0.5, 0.6) is 0 Å². The number of esters is 1. The van der Waals surface area contributed by atoms with Crippen molar-refractivity contribution in [2.75, 3.05) is 6.61 Å². The molecule has 1 aromatic carbocycles. The minimum absolute atomic E-state index is 0.0368. The van der Waals surface area contributed by atoms with Crippen LogP contribution in [-0.4, -0.2) is 34.3 Å². The van der Waals surface area contributed by atoms with Crippen LogP contribution < -0.4 is 5.32 Å². The molecule has 0 saturated heterocycles. The number of carbonyl (C=O) groups excluding carboxylic acids is 2. The van der Waals surface area contributed by atoms with Gasteiger partial charge in [0, 0.05) is 17.3 Å². The molecule has 26 heavy (non-hydrogen) atoms. The van der Waals surface area contributed by atoms with Gasteiger partial charge >= 0.3 is 5.97 Å². The van der Waals surface area contributed by atoms with Gasteiger partial charge < -0.3 is 10.1 Å². The van der Waals surface area contributed by atoms with Gasteiger partial charge in [-0.3, -0.25) is 9.59 Å². The van der Waals surface area contributed by atoms with Crippen molar-refractivity contribution in [3.05, 3.63) is 47.3 Å². The molecule has 2 aromatic rings. The number of benzene rings is 1. The second kappa shape index (κ2) is 8.65. The summed E-state index contributed by atoms with van der Waals surface area (Å²) < 4.78 is 6.94. The maximum Gasteiger partial charge on any atom is 0.310 e. The number of ether oxygens (including phenoxy) is 1. The lowest BCUT2D eigenvalue weighted by atomic mass is 10.1. The van der Waals surface area contributed by atoms with Crippen molar-refractivity contribution in [2.24, 2.45) is 5.92 Å². The molecule has 6 nitrogen and oxygen atoms in total. The van der Waals surface area contributed by atoms with Crippen LogP contribution in [0.15, 0.2) is 30.3 Å². The standard InChI is InChI=1S/C20H27N3O3/c1-13(2)14(3)21-19(24)12-26-20(25)11-18-15(4)22-23(16(18)5)17-9-7-6-8-10-17/h6-10,13-14H,11-12H2,1-5H3,(H,21,24)/t14-/m0/s1. The first kappa shape index (κ1) is 19.7. The zero-order valence-electron chi connectivity index (χ0n) is 16.1. The number of hydrogen-bond acceptors (Lipinski definition) is 4. The molecule has 0 bridgehead atoms. The fourth-order valence-electron chi connectivity index (χ4n) is 2.56. The summed E-state index contributed by atoms with van der Waals surface area (Å²) in [4.78, 5) is 24.0. The predicted octanol–water partition coefficient (Wildman–Crippen LogP) is 2.74. The zero-order valence-corrected chi connectivity index (χ0v) is 16.1. The summed E-state index contributed by atoms with van der Waals surface area (Å²) in [6, 6.07) is 9.78. The molecule has 0 fully saturated rings. The molecule has 1 aromatic heterocycles. The first-order valence-electron chi connectivity index (χ1n) is 8.85. The van der Waals surface area contributed by atoms with Crippen molar-refractivity contribution >= 4 is 11.9 Å². The third-order valence-corrected chi connectivity index (χ3v) is 4.52. The van der Waals surface area contributed by atoms with Crippen molar-refractivity contribution in [1.82, 2.24) is 15.1 Å². The Morgan fingerprint density at radius 3 is 2.42 bits per heavy atom. The molecule has 0 radical (unpaired) electrons. The minimum atomic E-state index is -0.434. The highest BCUT2D eigenvalue weighted by atomic mass is 16.5. The highest BCUT2D eigenvalue weighted by molar-refractivity contribution is 5.81. The molecule has 0 saturated carbocycles. The Morgan fingerprint density at radius 1 is 1.15 bits per heavy atom. The molecule has 0 aliphatic carbocycles. The Hall–Kier alpha value is -2.63. The van der Waals surface area contributed by atoms with Crippen LogP contribution in [0.3, 0.4) is 0 Å². The highest BCUT2D eigenvalue weighted by Crippen LogP contribution is 2.18. The molecular formula is C20H27N3O3. The smallest absolute Gasteiger partial charge is 0.310 e. The summed E-state index contributed by atoms with van der Waals surface area (Å²) in [5, 5.41) is 7.33. The van der Waals surface area contributed by atoms with Crippen molar-refractivity contribution < 1.29 is 14.3 Å². The Labute approximate surface area is 154 Å². The highest BCUT2D eigenvalue weighted by Gasteiger charge is 2.18. The Morgan fingerprint density at radius 2 is 1.81 bits per heavy atom. The first-order chi connectivity index (χ1) is 12.3. The molecule has 2 rings (SSSR count). The van der Waals surface area contributed by atoms with E-state index in [-0.39, 0.29) is 25.0 Å². The van der Waals surface area contributed by atoms with Crippen LogP contribution in [0, 0.1) is 19.8 Å². The molecule has 1 heterocycles. The maximum absolute atomic E-state index is 12.1. The van der Waals surface area contributed by atoms with E-state index in [1.165, 1.54) is 0 Å². The SMILES string of the molecule is Cc1nn(-c2ccccc2)c(C)c1CC(=O)OCC(=O)N[C@@H](C)C(C)C. The minimum Gasteiger partial charge on any atom is -0.455 e. The summed E-state index contributed by atoms with van der Waals surface area (Å²) in [5.74, 6) is -0.395. The molecule has 1 N–H and O–H groups in total. The van der Waals surface area contributed by atoms with Gasteiger partial charge in [-0.2, -0.15) is 5.10 Å². The number of nitrogens with zero attached hydrogens (tertiary/aromatic N) is 2. The summed E-state index contributed by atoms with van der Waals surface area (Å²) in [6.07, 6.45) is 0.0948. The normalized spacial score (nSPS) is 12.1. The number of para-hydroxylation sites is 1. The average molecular weight is 357 g/mol. The van der Waals surface area contributed by atoms with Gasteiger partial charge in [-0.1, -0.05) is 32.0 Å². The summed E-state index contributed by atoms with van der Waals surface area (Å²) in [5.41, 5.74) is 3.44. The van der Waals surface area contributed by atoms with Gasteiger partial charge in [0.15, 0.2) is 6.61 Å². The largest absolute Gasteiger partial charge is 0.455 e. The van der Waals surface area contributed by atoms with E-state index < -0.39 is 5.97 Å². The van der Waals surface area contributed by atoms with E-state index in [0.717, 1.165) is 22.6 Å². The van der Waals surface area contributed by atoms with Crippen molar-refractivity contribution in [2.45, 2.75) is 47.1 Å². The number of amides is 1. The third kappa shape index (κ3) is 4.94. The lowest BCUT2D eigenvalue weighted by Gasteiger charge is -2.17. The van der Waals surface area contributed by atoms with Crippen molar-refractivity contribution in [3.63, 3.8) is 0 Å². The molecule has 1 atom stereocenters. The van der Waals surface area contributed by atoms with Crippen molar-refractivity contribution in [1.29, 1.82) is 0 Å². The molecule has 6 heteroatoms. The summed E-state index contributed by atoms with van der Waals surface area (Å²) in [7, 11) is 0. The van der Waals surface area contributed by atoms with Gasteiger partial charge in [0.1, 0.15) is 0 Å². The quantitative estimate of drug-likeness (QED) is 0.773. The number of carbonyl (C=O) groups is 2. The topological polar surface area (TPSA) is 73.2 Å². The maximum atomic E-state index is 12.1. The molecule has 0 spiro atoms. The van der Waals surface area contributed by atoms with Gasteiger partial charge in [0.25, 0.3) is 5.91 Å². The molecule has 0 aliphatic heterocycles. The molecular weight excluding hydrogens is 330 g/mol. The number of nitrogens with one attached hydrogen (secondary N) is 1. The fourth-order valence-corrected chi connectivity index (χ4v) is 2.56. The summed E-state index contributed by atoms with van der Waals surface area (Å²) >= 11 is 0. The van der Waals surface area contributed by atoms with Gasteiger partial charge in [-0.25, -0.2) is 4.68 Å². The van der Waals surface area contributed by atoms with Crippen LogP contribution in [0.25, 0.3) is 5.69 Å². The Bertz CT molecular complexity index is 766. The number of aryl methyl sites for hydroxylation is 1. The van der Waals surface area contributed by atoms with E-state index in [0.29, 0.717) is 5.92 Å². The van der Waals surface area contributed by atoms with Crippen LogP contribution in [0.4, 0.5) is 0 Å². The van der Waals surface area contributed by atoms with E-state index in [1.807, 2.05) is 69.6 Å². The second-order valence-corrected chi connectivity index (χ2v) is 6.83.